The number of rotatable bonds is 2. The highest BCUT2D eigenvalue weighted by Crippen LogP contribution is 2.49. The number of fused-ring (bicyclic) bond motifs is 2. The van der Waals surface area contributed by atoms with Crippen LogP contribution in [0.25, 0.3) is 0 Å². The van der Waals surface area contributed by atoms with E-state index < -0.39 is 6.36 Å². The van der Waals surface area contributed by atoms with Gasteiger partial charge in [-0.05, 0) is 43.5 Å². The monoisotopic (exact) mass is 351 g/mol. The van der Waals surface area contributed by atoms with Gasteiger partial charge in [-0.3, -0.25) is 4.79 Å². The van der Waals surface area contributed by atoms with Crippen molar-refractivity contribution < 1.29 is 22.7 Å². The SMILES string of the molecule is O=C(c1ccc(OC(F)(F)F)cc1)N1CCc2[nH]cnc2C12CCC2. The van der Waals surface area contributed by atoms with Gasteiger partial charge in [-0.1, -0.05) is 0 Å². The molecule has 1 aliphatic heterocycles. The van der Waals surface area contributed by atoms with Crippen molar-refractivity contribution in [2.45, 2.75) is 37.6 Å². The fourth-order valence-electron chi connectivity index (χ4n) is 3.75. The number of nitrogens with zero attached hydrogens (tertiary/aromatic N) is 2. The van der Waals surface area contributed by atoms with E-state index in [1.54, 1.807) is 6.33 Å². The topological polar surface area (TPSA) is 58.2 Å². The summed E-state index contributed by atoms with van der Waals surface area (Å²) in [7, 11) is 0. The van der Waals surface area contributed by atoms with E-state index in [-0.39, 0.29) is 17.2 Å². The average Bonchev–Trinajstić information content (AvgIpc) is 2.99. The van der Waals surface area contributed by atoms with Crippen LogP contribution in [-0.4, -0.2) is 33.7 Å². The van der Waals surface area contributed by atoms with Crippen LogP contribution in [0.2, 0.25) is 0 Å². The maximum Gasteiger partial charge on any atom is 0.573 e. The first-order chi connectivity index (χ1) is 11.9. The number of aromatic amines is 1. The summed E-state index contributed by atoms with van der Waals surface area (Å²) in [6.07, 6.45) is 0.330. The number of nitrogens with one attached hydrogen (secondary N) is 1. The molecule has 2 aliphatic rings. The molecule has 0 unspecified atom stereocenters. The van der Waals surface area contributed by atoms with Crippen LogP contribution in [0.3, 0.4) is 0 Å². The van der Waals surface area contributed by atoms with Gasteiger partial charge in [-0.2, -0.15) is 0 Å². The quantitative estimate of drug-likeness (QED) is 0.902. The number of alkyl halides is 3. The summed E-state index contributed by atoms with van der Waals surface area (Å²) in [6.45, 7) is 0.564. The molecule has 0 radical (unpaired) electrons. The number of carbonyl (C=O) groups excluding carboxylic acids is 1. The number of carbonyl (C=O) groups is 1. The van der Waals surface area contributed by atoms with Crippen molar-refractivity contribution in [3.63, 3.8) is 0 Å². The zero-order chi connectivity index (χ0) is 17.7. The summed E-state index contributed by atoms with van der Waals surface area (Å²) >= 11 is 0. The number of hydrogen-bond donors (Lipinski definition) is 1. The Hall–Kier alpha value is -2.51. The Morgan fingerprint density at radius 1 is 1.24 bits per heavy atom. The Morgan fingerprint density at radius 3 is 2.56 bits per heavy atom. The van der Waals surface area contributed by atoms with E-state index in [0.717, 1.165) is 42.8 Å². The van der Waals surface area contributed by atoms with Gasteiger partial charge < -0.3 is 14.6 Å². The van der Waals surface area contributed by atoms with Gasteiger partial charge >= 0.3 is 6.36 Å². The second-order valence-corrected chi connectivity index (χ2v) is 6.39. The molecule has 1 aromatic carbocycles. The highest BCUT2D eigenvalue weighted by atomic mass is 19.4. The maximum atomic E-state index is 13.0. The van der Waals surface area contributed by atoms with Gasteiger partial charge in [0, 0.05) is 24.2 Å². The minimum Gasteiger partial charge on any atom is -0.406 e. The lowest BCUT2D eigenvalue weighted by Crippen LogP contribution is -2.57. The molecule has 1 aromatic heterocycles. The molecular weight excluding hydrogens is 335 g/mol. The van der Waals surface area contributed by atoms with Crippen LogP contribution < -0.4 is 4.74 Å². The molecule has 132 valence electrons. The van der Waals surface area contributed by atoms with Gasteiger partial charge in [0.1, 0.15) is 5.75 Å². The number of aromatic nitrogens is 2. The normalized spacial score (nSPS) is 18.6. The minimum atomic E-state index is -4.75. The second kappa shape index (κ2) is 5.50. The van der Waals surface area contributed by atoms with Crippen molar-refractivity contribution >= 4 is 5.91 Å². The first-order valence-electron chi connectivity index (χ1n) is 8.10. The van der Waals surface area contributed by atoms with Gasteiger partial charge in [0.2, 0.25) is 0 Å². The summed E-state index contributed by atoms with van der Waals surface area (Å²) in [5, 5.41) is 0. The van der Waals surface area contributed by atoms with Crippen molar-refractivity contribution in [2.24, 2.45) is 0 Å². The molecule has 5 nitrogen and oxygen atoms in total. The van der Waals surface area contributed by atoms with Crippen molar-refractivity contribution in [1.82, 2.24) is 14.9 Å². The average molecular weight is 351 g/mol. The Bertz CT molecular complexity index is 794. The number of H-pyrrole nitrogens is 1. The van der Waals surface area contributed by atoms with Crippen LogP contribution in [0, 0.1) is 0 Å². The lowest BCUT2D eigenvalue weighted by molar-refractivity contribution is -0.274. The predicted octanol–water partition coefficient (Wildman–Crippen LogP) is 3.39. The fourth-order valence-corrected chi connectivity index (χ4v) is 3.75. The van der Waals surface area contributed by atoms with Crippen molar-refractivity contribution in [3.8, 4) is 5.75 Å². The third kappa shape index (κ3) is 2.65. The van der Waals surface area contributed by atoms with E-state index in [1.807, 2.05) is 4.90 Å². The number of hydrogen-bond acceptors (Lipinski definition) is 3. The molecule has 1 spiro atoms. The summed E-state index contributed by atoms with van der Waals surface area (Å²) in [5.41, 5.74) is 1.96. The lowest BCUT2D eigenvalue weighted by atomic mass is 9.70. The first kappa shape index (κ1) is 16.0. The van der Waals surface area contributed by atoms with E-state index in [0.29, 0.717) is 18.5 Å². The molecule has 0 atom stereocenters. The van der Waals surface area contributed by atoms with E-state index in [9.17, 15) is 18.0 Å². The zero-order valence-corrected chi connectivity index (χ0v) is 13.3. The number of ether oxygens (including phenoxy) is 1. The Balaban J connectivity index is 1.59. The molecule has 1 N–H and O–H groups in total. The van der Waals surface area contributed by atoms with Gasteiger partial charge in [0.05, 0.1) is 17.6 Å². The van der Waals surface area contributed by atoms with E-state index in [1.165, 1.54) is 12.1 Å². The summed E-state index contributed by atoms with van der Waals surface area (Å²) in [6, 6.07) is 5.07. The molecule has 2 heterocycles. The number of amides is 1. The van der Waals surface area contributed by atoms with Gasteiger partial charge in [0.15, 0.2) is 0 Å². The predicted molar refractivity (Wildman–Crippen MR) is 82.0 cm³/mol. The fraction of sp³-hybridized carbons (Fsp3) is 0.412. The highest BCUT2D eigenvalue weighted by molar-refractivity contribution is 5.95. The van der Waals surface area contributed by atoms with Gasteiger partial charge in [-0.15, -0.1) is 13.2 Å². The summed E-state index contributed by atoms with van der Waals surface area (Å²) < 4.78 is 40.6. The Kier molecular flexibility index (Phi) is 3.52. The van der Waals surface area contributed by atoms with Crippen LogP contribution in [0.15, 0.2) is 30.6 Å². The van der Waals surface area contributed by atoms with Crippen molar-refractivity contribution in [2.75, 3.05) is 6.54 Å². The number of halogens is 3. The standard InChI is InChI=1S/C17H16F3N3O2/c18-17(19,20)25-12-4-2-11(3-5-12)15(24)23-9-6-13-14(22-10-21-13)16(23)7-1-8-16/h2-5,10H,1,6-9H2,(H,21,22). The molecule has 8 heteroatoms. The first-order valence-corrected chi connectivity index (χ1v) is 8.10. The third-order valence-corrected chi connectivity index (χ3v) is 5.02. The molecule has 25 heavy (non-hydrogen) atoms. The Morgan fingerprint density at radius 2 is 1.96 bits per heavy atom. The minimum absolute atomic E-state index is 0.188. The highest BCUT2D eigenvalue weighted by Gasteiger charge is 2.51. The maximum absolute atomic E-state index is 13.0. The summed E-state index contributed by atoms with van der Waals surface area (Å²) in [5.74, 6) is -0.525. The largest absolute Gasteiger partial charge is 0.573 e. The molecule has 1 amide bonds. The molecule has 1 fully saturated rings. The second-order valence-electron chi connectivity index (χ2n) is 6.39. The van der Waals surface area contributed by atoms with Crippen LogP contribution in [-0.2, 0) is 12.0 Å². The van der Waals surface area contributed by atoms with Crippen LogP contribution in [0.1, 0.15) is 41.0 Å². The number of imidazole rings is 1. The molecule has 0 bridgehead atoms. The smallest absolute Gasteiger partial charge is 0.406 e. The van der Waals surface area contributed by atoms with Gasteiger partial charge in [-0.25, -0.2) is 4.98 Å². The lowest BCUT2D eigenvalue weighted by Gasteiger charge is -2.52. The van der Waals surface area contributed by atoms with E-state index in [4.69, 9.17) is 0 Å². The van der Waals surface area contributed by atoms with Crippen LogP contribution in [0.5, 0.6) is 5.75 Å². The van der Waals surface area contributed by atoms with Crippen molar-refractivity contribution in [3.05, 3.63) is 47.5 Å². The molecule has 4 rings (SSSR count). The molecular formula is C17H16F3N3O2. The number of benzene rings is 1. The van der Waals surface area contributed by atoms with Gasteiger partial charge in [0.25, 0.3) is 5.91 Å². The Labute approximate surface area is 141 Å². The van der Waals surface area contributed by atoms with Crippen molar-refractivity contribution in [1.29, 1.82) is 0 Å². The molecule has 1 saturated carbocycles. The summed E-state index contributed by atoms with van der Waals surface area (Å²) in [4.78, 5) is 22.3. The van der Waals surface area contributed by atoms with Crippen LogP contribution in [0.4, 0.5) is 13.2 Å². The van der Waals surface area contributed by atoms with E-state index in [2.05, 4.69) is 14.7 Å². The third-order valence-electron chi connectivity index (χ3n) is 5.02. The molecule has 2 aromatic rings. The zero-order valence-electron chi connectivity index (χ0n) is 13.3. The van der Waals surface area contributed by atoms with E-state index >= 15 is 0 Å². The van der Waals surface area contributed by atoms with Crippen LogP contribution >= 0.6 is 0 Å². The molecule has 1 aliphatic carbocycles. The molecule has 0 saturated heterocycles.